The molecule has 0 spiro atoms. The minimum absolute atomic E-state index is 0.630. The first-order chi connectivity index (χ1) is 9.33. The molecule has 2 heterocycles. The van der Waals surface area contributed by atoms with Gasteiger partial charge in [0, 0.05) is 4.47 Å². The Labute approximate surface area is 121 Å². The van der Waals surface area contributed by atoms with Crippen molar-refractivity contribution < 1.29 is 4.52 Å². The number of hydrogen-bond acceptors (Lipinski definition) is 5. The molecule has 1 aromatic carbocycles. The molecule has 0 bridgehead atoms. The zero-order valence-electron chi connectivity index (χ0n) is 9.65. The lowest BCUT2D eigenvalue weighted by molar-refractivity contribution is 0.433. The molecule has 0 aliphatic rings. The van der Waals surface area contributed by atoms with Crippen LogP contribution in [0, 0.1) is 0 Å². The highest BCUT2D eigenvalue weighted by molar-refractivity contribution is 9.10. The van der Waals surface area contributed by atoms with Crippen LogP contribution in [0.2, 0.25) is 0 Å². The number of rotatable bonds is 3. The first-order valence-electron chi connectivity index (χ1n) is 5.49. The third kappa shape index (κ3) is 2.80. The minimum atomic E-state index is 0.630. The number of halogens is 1. The molecule has 6 heteroatoms. The molecule has 0 N–H and O–H groups in total. The van der Waals surface area contributed by atoms with E-state index in [1.807, 2.05) is 41.8 Å². The van der Waals surface area contributed by atoms with E-state index in [1.165, 1.54) is 0 Å². The van der Waals surface area contributed by atoms with Gasteiger partial charge in [-0.1, -0.05) is 27.2 Å². The number of hydrogen-bond donors (Lipinski definition) is 0. The van der Waals surface area contributed by atoms with E-state index in [2.05, 4.69) is 31.3 Å². The highest BCUT2D eigenvalue weighted by atomic mass is 79.9. The van der Waals surface area contributed by atoms with Crippen LogP contribution >= 0.6 is 27.3 Å². The monoisotopic (exact) mass is 333 g/mol. The summed E-state index contributed by atoms with van der Waals surface area (Å²) >= 11 is 4.95. The molecule has 0 fully saturated rings. The molecular formula is C13H8BrN3OS. The van der Waals surface area contributed by atoms with Crippen molar-refractivity contribution in [2.75, 3.05) is 0 Å². The van der Waals surface area contributed by atoms with Crippen molar-refractivity contribution in [1.82, 2.24) is 5.16 Å². The number of aromatic nitrogens is 1. The van der Waals surface area contributed by atoms with Crippen molar-refractivity contribution in [3.63, 3.8) is 0 Å². The summed E-state index contributed by atoms with van der Waals surface area (Å²) in [7, 11) is 0. The number of thiophene rings is 1. The van der Waals surface area contributed by atoms with Gasteiger partial charge in [-0.05, 0) is 35.7 Å². The van der Waals surface area contributed by atoms with Crippen LogP contribution in [0.25, 0.3) is 10.6 Å². The predicted molar refractivity (Wildman–Crippen MR) is 78.1 cm³/mol. The van der Waals surface area contributed by atoms with E-state index >= 15 is 0 Å². The van der Waals surface area contributed by atoms with E-state index in [4.69, 9.17) is 4.52 Å². The molecule has 19 heavy (non-hydrogen) atoms. The summed E-state index contributed by atoms with van der Waals surface area (Å²) in [6.07, 6.45) is 1.57. The second-order valence-electron chi connectivity index (χ2n) is 3.69. The van der Waals surface area contributed by atoms with Crippen LogP contribution in [0.3, 0.4) is 0 Å². The average Bonchev–Trinajstić information content (AvgIpc) is 3.08. The molecule has 0 saturated heterocycles. The topological polar surface area (TPSA) is 50.8 Å². The van der Waals surface area contributed by atoms with Crippen LogP contribution in [0.15, 0.2) is 67.2 Å². The lowest BCUT2D eigenvalue weighted by Gasteiger charge is -1.93. The number of azo groups is 1. The van der Waals surface area contributed by atoms with E-state index in [-0.39, 0.29) is 0 Å². The van der Waals surface area contributed by atoms with Gasteiger partial charge in [0.25, 0.3) is 0 Å². The second-order valence-corrected chi connectivity index (χ2v) is 5.56. The van der Waals surface area contributed by atoms with Crippen LogP contribution in [0.4, 0.5) is 11.4 Å². The van der Waals surface area contributed by atoms with Gasteiger partial charge >= 0.3 is 0 Å². The van der Waals surface area contributed by atoms with Crippen molar-refractivity contribution in [2.45, 2.75) is 0 Å². The molecule has 0 aliphatic heterocycles. The Morgan fingerprint density at radius 1 is 1.11 bits per heavy atom. The maximum absolute atomic E-state index is 5.22. The van der Waals surface area contributed by atoms with Gasteiger partial charge < -0.3 is 4.52 Å². The van der Waals surface area contributed by atoms with Gasteiger partial charge in [0.05, 0.1) is 16.8 Å². The highest BCUT2D eigenvalue weighted by Gasteiger charge is 2.10. The third-order valence-corrected chi connectivity index (χ3v) is 3.79. The molecule has 3 rings (SSSR count). The number of nitrogens with zero attached hydrogens (tertiary/aromatic N) is 3. The van der Waals surface area contributed by atoms with Gasteiger partial charge in [0.15, 0.2) is 5.69 Å². The molecule has 4 nitrogen and oxygen atoms in total. The molecular weight excluding hydrogens is 326 g/mol. The summed E-state index contributed by atoms with van der Waals surface area (Å²) in [5.41, 5.74) is 1.41. The second kappa shape index (κ2) is 5.46. The molecule has 0 aliphatic carbocycles. The van der Waals surface area contributed by atoms with E-state index in [9.17, 15) is 0 Å². The van der Waals surface area contributed by atoms with Gasteiger partial charge in [-0.2, -0.15) is 5.11 Å². The lowest BCUT2D eigenvalue weighted by Crippen LogP contribution is -1.67. The molecule has 0 amide bonds. The fourth-order valence-corrected chi connectivity index (χ4v) is 2.48. The Morgan fingerprint density at radius 2 is 1.95 bits per heavy atom. The molecule has 0 unspecified atom stereocenters. The van der Waals surface area contributed by atoms with Crippen LogP contribution in [0.5, 0.6) is 0 Å². The van der Waals surface area contributed by atoms with E-state index < -0.39 is 0 Å². The maximum Gasteiger partial charge on any atom is 0.204 e. The van der Waals surface area contributed by atoms with Crippen molar-refractivity contribution in [3.05, 3.63) is 52.4 Å². The standard InChI is InChI=1S/C13H8BrN3OS/c14-9-3-5-10(6-4-9)16-17-11-8-15-18-13(11)12-2-1-7-19-12/h1-8H. The summed E-state index contributed by atoms with van der Waals surface area (Å²) < 4.78 is 6.23. The Balaban J connectivity index is 1.88. The normalized spacial score (nSPS) is 11.2. The molecule has 2 aromatic heterocycles. The van der Waals surface area contributed by atoms with E-state index in [0.29, 0.717) is 11.4 Å². The fourth-order valence-electron chi connectivity index (χ4n) is 1.50. The van der Waals surface area contributed by atoms with Gasteiger partial charge in [0.2, 0.25) is 5.76 Å². The van der Waals surface area contributed by atoms with Crippen molar-refractivity contribution >= 4 is 38.6 Å². The molecule has 0 saturated carbocycles. The smallest absolute Gasteiger partial charge is 0.204 e. The quantitative estimate of drug-likeness (QED) is 0.587. The van der Waals surface area contributed by atoms with Gasteiger partial charge in [-0.15, -0.1) is 16.5 Å². The number of benzene rings is 1. The Kier molecular flexibility index (Phi) is 3.52. The maximum atomic E-state index is 5.22. The molecule has 0 atom stereocenters. The van der Waals surface area contributed by atoms with Gasteiger partial charge in [-0.25, -0.2) is 0 Å². The van der Waals surface area contributed by atoms with E-state index in [0.717, 1.165) is 15.0 Å². The minimum Gasteiger partial charge on any atom is -0.353 e. The Morgan fingerprint density at radius 3 is 2.68 bits per heavy atom. The van der Waals surface area contributed by atoms with Crippen LogP contribution in [0.1, 0.15) is 0 Å². The fraction of sp³-hybridized carbons (Fsp3) is 0. The van der Waals surface area contributed by atoms with Crippen molar-refractivity contribution in [3.8, 4) is 10.6 Å². The van der Waals surface area contributed by atoms with E-state index in [1.54, 1.807) is 17.5 Å². The Hall–Kier alpha value is -1.79. The summed E-state index contributed by atoms with van der Waals surface area (Å²) in [5, 5.41) is 14.1. The first-order valence-corrected chi connectivity index (χ1v) is 7.16. The summed E-state index contributed by atoms with van der Waals surface area (Å²) in [5.74, 6) is 0.649. The SMILES string of the molecule is Brc1ccc(N=Nc2cnoc2-c2cccs2)cc1. The molecule has 3 aromatic rings. The van der Waals surface area contributed by atoms with Crippen LogP contribution < -0.4 is 0 Å². The van der Waals surface area contributed by atoms with Crippen molar-refractivity contribution in [2.24, 2.45) is 10.2 Å². The lowest BCUT2D eigenvalue weighted by atomic mass is 10.3. The third-order valence-electron chi connectivity index (χ3n) is 2.40. The zero-order chi connectivity index (χ0) is 13.1. The van der Waals surface area contributed by atoms with Crippen LogP contribution in [-0.4, -0.2) is 5.16 Å². The van der Waals surface area contributed by atoms with Gasteiger partial charge in [-0.3, -0.25) is 0 Å². The first kappa shape index (κ1) is 12.3. The molecule has 0 radical (unpaired) electrons. The largest absolute Gasteiger partial charge is 0.353 e. The average molecular weight is 334 g/mol. The van der Waals surface area contributed by atoms with Crippen LogP contribution in [-0.2, 0) is 0 Å². The van der Waals surface area contributed by atoms with Crippen molar-refractivity contribution in [1.29, 1.82) is 0 Å². The summed E-state index contributed by atoms with van der Waals surface area (Å²) in [4.78, 5) is 0.988. The zero-order valence-corrected chi connectivity index (χ0v) is 12.1. The summed E-state index contributed by atoms with van der Waals surface area (Å²) in [6.45, 7) is 0. The highest BCUT2D eigenvalue weighted by Crippen LogP contribution is 2.34. The summed E-state index contributed by atoms with van der Waals surface area (Å²) in [6, 6.07) is 11.5. The molecule has 94 valence electrons. The Bertz CT molecular complexity index is 689. The predicted octanol–water partition coefficient (Wildman–Crippen LogP) is 5.58. The van der Waals surface area contributed by atoms with Gasteiger partial charge in [0.1, 0.15) is 0 Å².